The number of rotatable bonds is 7. The average Bonchev–Trinajstić information content (AvgIpc) is 3.68. The lowest BCUT2D eigenvalue weighted by atomic mass is 9.80. The number of pyridine rings is 2. The van der Waals surface area contributed by atoms with Crippen LogP contribution >= 0.6 is 0 Å². The standard InChI is InChI=1S/C30H24F4N6O4/c1-28(23-13-37-40-39-23)15-44-26-20(28)12-22(38-25(26)16-5-7-19(31)8-6-16)29(42,30(32,33)34)14-36-27(41)18-10-17-4-3-9-35-24(17)21(11-18)43-2/h3-13,42H,14-15H2,1-2H3,(H,36,41)(H,37,39,40)/t28-,29-/m0/s1. The molecule has 5 aromatic rings. The topological polar surface area (TPSA) is 135 Å². The lowest BCUT2D eigenvalue weighted by molar-refractivity contribution is -0.265. The molecule has 44 heavy (non-hydrogen) atoms. The summed E-state index contributed by atoms with van der Waals surface area (Å²) in [5.41, 5.74) is -4.26. The molecule has 6 rings (SSSR count). The summed E-state index contributed by atoms with van der Waals surface area (Å²) >= 11 is 0. The Balaban J connectivity index is 1.44. The molecule has 0 radical (unpaired) electrons. The molecular formula is C30H24F4N6O4. The van der Waals surface area contributed by atoms with E-state index in [1.807, 2.05) is 0 Å². The van der Waals surface area contributed by atoms with Crippen molar-refractivity contribution < 1.29 is 36.9 Å². The summed E-state index contributed by atoms with van der Waals surface area (Å²) in [6, 6.07) is 12.1. The second-order valence-electron chi connectivity index (χ2n) is 10.5. The molecular weight excluding hydrogens is 584 g/mol. The van der Waals surface area contributed by atoms with E-state index in [2.05, 4.69) is 30.7 Å². The van der Waals surface area contributed by atoms with Crippen molar-refractivity contribution in [1.29, 1.82) is 0 Å². The number of carbonyl (C=O) groups is 1. The minimum absolute atomic E-state index is 0.00667. The molecule has 0 saturated carbocycles. The van der Waals surface area contributed by atoms with E-state index < -0.39 is 41.2 Å². The number of carbonyl (C=O) groups excluding carboxylic acids is 1. The lowest BCUT2D eigenvalue weighted by Crippen LogP contribution is -2.51. The number of H-pyrrole nitrogens is 1. The van der Waals surface area contributed by atoms with Crippen LogP contribution in [0.5, 0.6) is 11.5 Å². The van der Waals surface area contributed by atoms with E-state index >= 15 is 0 Å². The predicted molar refractivity (Wildman–Crippen MR) is 149 cm³/mol. The summed E-state index contributed by atoms with van der Waals surface area (Å²) < 4.78 is 69.4. The van der Waals surface area contributed by atoms with E-state index in [1.54, 1.807) is 19.1 Å². The number of fused-ring (bicyclic) bond motifs is 2. The highest BCUT2D eigenvalue weighted by atomic mass is 19.4. The van der Waals surface area contributed by atoms with Gasteiger partial charge < -0.3 is 19.9 Å². The van der Waals surface area contributed by atoms with Gasteiger partial charge in [0.2, 0.25) is 5.60 Å². The minimum atomic E-state index is -5.30. The summed E-state index contributed by atoms with van der Waals surface area (Å²) in [5, 5.41) is 24.5. The first-order valence-electron chi connectivity index (χ1n) is 13.3. The monoisotopic (exact) mass is 608 g/mol. The Morgan fingerprint density at radius 3 is 2.64 bits per heavy atom. The lowest BCUT2D eigenvalue weighted by Gasteiger charge is -2.31. The van der Waals surface area contributed by atoms with Crippen LogP contribution in [0.3, 0.4) is 0 Å². The normalized spacial score (nSPS) is 17.5. The van der Waals surface area contributed by atoms with Gasteiger partial charge in [-0.15, -0.1) is 0 Å². The molecule has 4 heterocycles. The average molecular weight is 609 g/mol. The maximum absolute atomic E-state index is 14.8. The fourth-order valence-corrected chi connectivity index (χ4v) is 5.17. The minimum Gasteiger partial charge on any atom is -0.494 e. The van der Waals surface area contributed by atoms with Crippen LogP contribution in [0.4, 0.5) is 17.6 Å². The number of nitrogens with one attached hydrogen (secondary N) is 2. The number of benzene rings is 2. The van der Waals surface area contributed by atoms with Gasteiger partial charge in [-0.1, -0.05) is 6.07 Å². The van der Waals surface area contributed by atoms with Crippen molar-refractivity contribution in [3.63, 3.8) is 0 Å². The van der Waals surface area contributed by atoms with Crippen LogP contribution in [-0.2, 0) is 11.0 Å². The molecule has 10 nitrogen and oxygen atoms in total. The molecule has 0 saturated heterocycles. The van der Waals surface area contributed by atoms with Gasteiger partial charge in [-0.25, -0.2) is 9.37 Å². The zero-order valence-corrected chi connectivity index (χ0v) is 23.2. The Kier molecular flexibility index (Phi) is 6.95. The third-order valence-electron chi connectivity index (χ3n) is 7.72. The molecule has 0 aliphatic carbocycles. The molecule has 0 bridgehead atoms. The van der Waals surface area contributed by atoms with Crippen molar-refractivity contribution in [3.05, 3.63) is 95.3 Å². The van der Waals surface area contributed by atoms with Gasteiger partial charge in [-0.05, 0) is 55.5 Å². The van der Waals surface area contributed by atoms with Crippen LogP contribution in [0.1, 0.15) is 34.2 Å². The molecule has 0 unspecified atom stereocenters. The smallest absolute Gasteiger partial charge is 0.424 e. The molecule has 14 heteroatoms. The van der Waals surface area contributed by atoms with Gasteiger partial charge >= 0.3 is 6.18 Å². The molecule has 2 aromatic carbocycles. The Bertz CT molecular complexity index is 1870. The SMILES string of the molecule is COc1cc(C(=O)NC[C@](O)(c2cc3c(c(-c4ccc(F)cc4)n2)OC[C@]3(C)c2cn[nH]n2)C(F)(F)F)cc2cccnc12. The van der Waals surface area contributed by atoms with E-state index in [-0.39, 0.29) is 40.5 Å². The highest BCUT2D eigenvalue weighted by Crippen LogP contribution is 2.49. The summed E-state index contributed by atoms with van der Waals surface area (Å²) in [4.78, 5) is 21.6. The van der Waals surface area contributed by atoms with Gasteiger partial charge in [-0.3, -0.25) is 9.78 Å². The van der Waals surface area contributed by atoms with Crippen molar-refractivity contribution in [1.82, 2.24) is 30.7 Å². The second kappa shape index (κ2) is 10.6. The molecule has 1 aliphatic rings. The Morgan fingerprint density at radius 1 is 1.18 bits per heavy atom. The number of hydrogen-bond acceptors (Lipinski definition) is 8. The Hall–Kier alpha value is -5.11. The van der Waals surface area contributed by atoms with Gasteiger partial charge in [0.25, 0.3) is 5.91 Å². The van der Waals surface area contributed by atoms with Crippen molar-refractivity contribution in [2.75, 3.05) is 20.3 Å². The summed E-state index contributed by atoms with van der Waals surface area (Å²) in [6.07, 6.45) is -2.34. The predicted octanol–water partition coefficient (Wildman–Crippen LogP) is 4.44. The van der Waals surface area contributed by atoms with Gasteiger partial charge in [0, 0.05) is 28.3 Å². The Labute approximate surface area is 247 Å². The van der Waals surface area contributed by atoms with Gasteiger partial charge in [0.05, 0.1) is 36.7 Å². The van der Waals surface area contributed by atoms with Crippen molar-refractivity contribution in [2.24, 2.45) is 0 Å². The van der Waals surface area contributed by atoms with Crippen LogP contribution in [0.2, 0.25) is 0 Å². The number of methoxy groups -OCH3 is 1. The van der Waals surface area contributed by atoms with E-state index in [4.69, 9.17) is 9.47 Å². The van der Waals surface area contributed by atoms with Gasteiger partial charge in [0.15, 0.2) is 0 Å². The first kappa shape index (κ1) is 29.0. The largest absolute Gasteiger partial charge is 0.494 e. The Morgan fingerprint density at radius 2 is 1.95 bits per heavy atom. The number of alkyl halides is 3. The van der Waals surface area contributed by atoms with Gasteiger partial charge in [0.1, 0.15) is 35.1 Å². The number of ether oxygens (including phenoxy) is 2. The fourth-order valence-electron chi connectivity index (χ4n) is 5.17. The maximum atomic E-state index is 14.8. The van der Waals surface area contributed by atoms with Crippen LogP contribution in [0, 0.1) is 5.82 Å². The quantitative estimate of drug-likeness (QED) is 0.231. The third-order valence-corrected chi connectivity index (χ3v) is 7.72. The zero-order chi connectivity index (χ0) is 31.3. The number of halogens is 4. The van der Waals surface area contributed by atoms with Crippen LogP contribution in [-0.4, -0.2) is 62.8 Å². The second-order valence-corrected chi connectivity index (χ2v) is 10.5. The summed E-state index contributed by atoms with van der Waals surface area (Å²) in [7, 11) is 1.38. The molecule has 1 amide bonds. The maximum Gasteiger partial charge on any atom is 0.424 e. The molecule has 0 fully saturated rings. The van der Waals surface area contributed by atoms with Crippen LogP contribution in [0.15, 0.2) is 67.0 Å². The van der Waals surface area contributed by atoms with Crippen LogP contribution < -0.4 is 14.8 Å². The molecule has 1 aliphatic heterocycles. The molecule has 0 spiro atoms. The molecule has 3 aromatic heterocycles. The van der Waals surface area contributed by atoms with Crippen molar-refractivity contribution in [2.45, 2.75) is 24.1 Å². The number of amides is 1. The van der Waals surface area contributed by atoms with E-state index in [9.17, 15) is 27.5 Å². The first-order valence-corrected chi connectivity index (χ1v) is 13.3. The van der Waals surface area contributed by atoms with Crippen LogP contribution in [0.25, 0.3) is 22.2 Å². The highest BCUT2D eigenvalue weighted by Gasteiger charge is 2.57. The number of nitrogens with zero attached hydrogens (tertiary/aromatic N) is 4. The fraction of sp³-hybridized carbons (Fsp3) is 0.233. The van der Waals surface area contributed by atoms with Gasteiger partial charge in [-0.2, -0.15) is 28.6 Å². The van der Waals surface area contributed by atoms with E-state index in [0.717, 1.165) is 18.2 Å². The first-order chi connectivity index (χ1) is 20.9. The summed E-state index contributed by atoms with van der Waals surface area (Å²) in [6.45, 7) is 0.401. The van der Waals surface area contributed by atoms with Crippen molar-refractivity contribution >= 4 is 16.8 Å². The summed E-state index contributed by atoms with van der Waals surface area (Å²) in [5.74, 6) is -1.06. The molecule has 226 valence electrons. The number of aromatic amines is 1. The van der Waals surface area contributed by atoms with E-state index in [1.165, 1.54) is 43.8 Å². The third kappa shape index (κ3) is 4.76. The zero-order valence-electron chi connectivity index (χ0n) is 23.2. The number of aromatic nitrogens is 5. The number of aliphatic hydroxyl groups is 1. The van der Waals surface area contributed by atoms with Crippen molar-refractivity contribution in [3.8, 4) is 22.8 Å². The van der Waals surface area contributed by atoms with E-state index in [0.29, 0.717) is 16.6 Å². The molecule has 2 atom stereocenters. The number of hydrogen-bond donors (Lipinski definition) is 3. The highest BCUT2D eigenvalue weighted by molar-refractivity contribution is 5.99. The molecule has 3 N–H and O–H groups in total.